The van der Waals surface area contributed by atoms with Crippen LogP contribution in [-0.2, 0) is 0 Å². The molecule has 0 bridgehead atoms. The predicted molar refractivity (Wildman–Crippen MR) is 204 cm³/mol. The Morgan fingerprint density at radius 2 is 0.796 bits per heavy atom. The standard InChI is InChI=1S/C46H28N2O/c1-3-19-39-36(16-1)37-17-2-4-20-40(37)46-45(39)47-28-42(48-46)35-15-9-14-33(26-35)31-12-7-10-29(24-31)30-11-8-13-32(25-30)34-22-23-44-41(27-34)38-18-5-6-21-43(38)49-44/h1-28H. The summed E-state index contributed by atoms with van der Waals surface area (Å²) in [6, 6.07) is 57.8. The second kappa shape index (κ2) is 11.0. The van der Waals surface area contributed by atoms with Crippen molar-refractivity contribution in [2.45, 2.75) is 0 Å². The molecular formula is C46H28N2O. The van der Waals surface area contributed by atoms with Gasteiger partial charge in [0.1, 0.15) is 11.2 Å². The number of benzene rings is 8. The van der Waals surface area contributed by atoms with Crippen LogP contribution in [0.25, 0.3) is 99.2 Å². The lowest BCUT2D eigenvalue weighted by atomic mass is 9.95. The second-order valence-electron chi connectivity index (χ2n) is 12.6. The van der Waals surface area contributed by atoms with E-state index in [1.807, 2.05) is 18.3 Å². The van der Waals surface area contributed by atoms with Gasteiger partial charge in [0.25, 0.3) is 0 Å². The molecule has 3 nitrogen and oxygen atoms in total. The maximum Gasteiger partial charge on any atom is 0.135 e. The fourth-order valence-electron chi connectivity index (χ4n) is 7.28. The van der Waals surface area contributed by atoms with Crippen LogP contribution in [0.1, 0.15) is 0 Å². The molecule has 49 heavy (non-hydrogen) atoms. The van der Waals surface area contributed by atoms with Gasteiger partial charge in [-0.2, -0.15) is 0 Å². The van der Waals surface area contributed by atoms with Crippen LogP contribution in [0.2, 0.25) is 0 Å². The Kier molecular flexibility index (Phi) is 6.18. The molecule has 10 rings (SSSR count). The quantitative estimate of drug-likeness (QED) is 0.183. The summed E-state index contributed by atoms with van der Waals surface area (Å²) >= 11 is 0. The van der Waals surface area contributed by atoms with Crippen molar-refractivity contribution in [3.63, 3.8) is 0 Å². The molecule has 0 aliphatic carbocycles. The van der Waals surface area contributed by atoms with Crippen LogP contribution in [-0.4, -0.2) is 9.97 Å². The van der Waals surface area contributed by atoms with Gasteiger partial charge in [-0.15, -0.1) is 0 Å². The van der Waals surface area contributed by atoms with Crippen molar-refractivity contribution in [2.75, 3.05) is 0 Å². The van der Waals surface area contributed by atoms with E-state index in [1.165, 1.54) is 33.0 Å². The van der Waals surface area contributed by atoms with Crippen LogP contribution < -0.4 is 0 Å². The molecule has 0 saturated carbocycles. The highest BCUT2D eigenvalue weighted by Gasteiger charge is 2.13. The molecule has 0 amide bonds. The van der Waals surface area contributed by atoms with Crippen LogP contribution in [0, 0.1) is 0 Å². The van der Waals surface area contributed by atoms with Gasteiger partial charge in [-0.3, -0.25) is 4.98 Å². The van der Waals surface area contributed by atoms with E-state index in [-0.39, 0.29) is 0 Å². The fraction of sp³-hybridized carbons (Fsp3) is 0. The van der Waals surface area contributed by atoms with Gasteiger partial charge in [-0.05, 0) is 80.6 Å². The number of fused-ring (bicyclic) bond motifs is 9. The summed E-state index contributed by atoms with van der Waals surface area (Å²) in [5, 5.41) is 6.92. The maximum absolute atomic E-state index is 6.07. The van der Waals surface area contributed by atoms with E-state index in [0.29, 0.717) is 0 Å². The van der Waals surface area contributed by atoms with Crippen molar-refractivity contribution >= 4 is 54.5 Å². The molecule has 0 aliphatic heterocycles. The molecule has 0 atom stereocenters. The number of hydrogen-bond acceptors (Lipinski definition) is 3. The van der Waals surface area contributed by atoms with Crippen molar-refractivity contribution in [3.8, 4) is 44.6 Å². The summed E-state index contributed by atoms with van der Waals surface area (Å²) in [6.45, 7) is 0. The smallest absolute Gasteiger partial charge is 0.135 e. The molecule has 0 aliphatic rings. The number of rotatable bonds is 4. The number of aromatic nitrogens is 2. The van der Waals surface area contributed by atoms with Crippen molar-refractivity contribution in [3.05, 3.63) is 170 Å². The van der Waals surface area contributed by atoms with Crippen LogP contribution in [0.5, 0.6) is 0 Å². The minimum Gasteiger partial charge on any atom is -0.456 e. The summed E-state index contributed by atoms with van der Waals surface area (Å²) in [5.74, 6) is 0. The van der Waals surface area contributed by atoms with Gasteiger partial charge in [0.15, 0.2) is 0 Å². The molecule has 10 aromatic rings. The number of furan rings is 1. The van der Waals surface area contributed by atoms with E-state index in [2.05, 4.69) is 152 Å². The number of para-hydroxylation sites is 1. The minimum absolute atomic E-state index is 0.862. The van der Waals surface area contributed by atoms with Crippen molar-refractivity contribution in [2.24, 2.45) is 0 Å². The Morgan fingerprint density at radius 1 is 0.327 bits per heavy atom. The first kappa shape index (κ1) is 27.5. The number of nitrogens with zero attached hydrogens (tertiary/aromatic N) is 2. The van der Waals surface area contributed by atoms with Gasteiger partial charge >= 0.3 is 0 Å². The molecule has 0 saturated heterocycles. The largest absolute Gasteiger partial charge is 0.456 e. The Bertz CT molecular complexity index is 2870. The molecule has 3 heteroatoms. The average Bonchev–Trinajstić information content (AvgIpc) is 3.56. The Hall–Kier alpha value is -6.58. The van der Waals surface area contributed by atoms with E-state index in [4.69, 9.17) is 14.4 Å². The Labute approximate surface area is 282 Å². The van der Waals surface area contributed by atoms with Gasteiger partial charge in [0.2, 0.25) is 0 Å². The molecule has 0 fully saturated rings. The molecule has 0 unspecified atom stereocenters. The summed E-state index contributed by atoms with van der Waals surface area (Å²) in [5.41, 5.74) is 12.6. The van der Waals surface area contributed by atoms with Crippen molar-refractivity contribution in [1.82, 2.24) is 9.97 Å². The molecule has 2 heterocycles. The third kappa shape index (κ3) is 4.59. The summed E-state index contributed by atoms with van der Waals surface area (Å²) < 4.78 is 6.07. The van der Waals surface area contributed by atoms with Gasteiger partial charge in [-0.25, -0.2) is 4.98 Å². The topological polar surface area (TPSA) is 38.9 Å². The molecule has 2 aromatic heterocycles. The first-order valence-corrected chi connectivity index (χ1v) is 16.6. The monoisotopic (exact) mass is 624 g/mol. The van der Waals surface area contributed by atoms with Crippen LogP contribution >= 0.6 is 0 Å². The van der Waals surface area contributed by atoms with Gasteiger partial charge in [-0.1, -0.05) is 127 Å². The zero-order valence-electron chi connectivity index (χ0n) is 26.5. The van der Waals surface area contributed by atoms with E-state index in [0.717, 1.165) is 66.1 Å². The molecule has 228 valence electrons. The number of hydrogen-bond donors (Lipinski definition) is 0. The van der Waals surface area contributed by atoms with E-state index < -0.39 is 0 Å². The molecule has 8 aromatic carbocycles. The molecular weight excluding hydrogens is 597 g/mol. The van der Waals surface area contributed by atoms with Crippen LogP contribution in [0.3, 0.4) is 0 Å². The zero-order valence-corrected chi connectivity index (χ0v) is 26.5. The van der Waals surface area contributed by atoms with Gasteiger partial charge < -0.3 is 4.42 Å². The lowest BCUT2D eigenvalue weighted by Crippen LogP contribution is -1.92. The van der Waals surface area contributed by atoms with Crippen molar-refractivity contribution < 1.29 is 4.42 Å². The van der Waals surface area contributed by atoms with Crippen LogP contribution in [0.15, 0.2) is 174 Å². The van der Waals surface area contributed by atoms with Crippen molar-refractivity contribution in [1.29, 1.82) is 0 Å². The Morgan fingerprint density at radius 3 is 1.43 bits per heavy atom. The lowest BCUT2D eigenvalue weighted by molar-refractivity contribution is 0.669. The average molecular weight is 625 g/mol. The third-order valence-corrected chi connectivity index (χ3v) is 9.69. The third-order valence-electron chi connectivity index (χ3n) is 9.69. The molecule has 0 N–H and O–H groups in total. The second-order valence-corrected chi connectivity index (χ2v) is 12.6. The van der Waals surface area contributed by atoms with Gasteiger partial charge in [0.05, 0.1) is 22.9 Å². The zero-order chi connectivity index (χ0) is 32.3. The highest BCUT2D eigenvalue weighted by atomic mass is 16.3. The molecule has 0 radical (unpaired) electrons. The fourth-order valence-corrected chi connectivity index (χ4v) is 7.28. The predicted octanol–water partition coefficient (Wildman–Crippen LogP) is 12.5. The maximum atomic E-state index is 6.07. The molecule has 0 spiro atoms. The lowest BCUT2D eigenvalue weighted by Gasteiger charge is -2.11. The van der Waals surface area contributed by atoms with E-state index in [9.17, 15) is 0 Å². The van der Waals surface area contributed by atoms with E-state index >= 15 is 0 Å². The minimum atomic E-state index is 0.862. The summed E-state index contributed by atoms with van der Waals surface area (Å²) in [4.78, 5) is 10.2. The first-order valence-electron chi connectivity index (χ1n) is 16.6. The normalized spacial score (nSPS) is 11.7. The van der Waals surface area contributed by atoms with Crippen LogP contribution in [0.4, 0.5) is 0 Å². The Balaban J connectivity index is 1.02. The highest BCUT2D eigenvalue weighted by molar-refractivity contribution is 6.23. The van der Waals surface area contributed by atoms with E-state index in [1.54, 1.807) is 0 Å². The first-order chi connectivity index (χ1) is 24.3. The SMILES string of the molecule is c1cc(-c2cccc(-c3ccc4oc5ccccc5c4c3)c2)cc(-c2cccc(-c3cnc4c5ccccc5c5ccccc5c4n3)c2)c1. The summed E-state index contributed by atoms with van der Waals surface area (Å²) in [7, 11) is 0. The highest BCUT2D eigenvalue weighted by Crippen LogP contribution is 2.37. The van der Waals surface area contributed by atoms with Gasteiger partial charge in [0, 0.05) is 27.1 Å². The summed E-state index contributed by atoms with van der Waals surface area (Å²) in [6.07, 6.45) is 1.91.